The van der Waals surface area contributed by atoms with Crippen LogP contribution in [0.3, 0.4) is 0 Å². The zero-order chi connectivity index (χ0) is 44.4. The predicted molar refractivity (Wildman–Crippen MR) is 250 cm³/mol. The third-order valence-corrected chi connectivity index (χ3v) is 16.6. The smallest absolute Gasteiger partial charge is 0.297 e. The zero-order valence-electron chi connectivity index (χ0n) is 35.6. The van der Waals surface area contributed by atoms with Crippen molar-refractivity contribution < 1.29 is 51.1 Å². The molecule has 0 radical (unpaired) electrons. The fraction of sp³-hybridized carbons (Fsp3) is 0.395. The Labute approximate surface area is 398 Å². The number of fused-ring (bicyclic) bond motifs is 2. The summed E-state index contributed by atoms with van der Waals surface area (Å²) in [5, 5.41) is 17.9. The van der Waals surface area contributed by atoms with Crippen molar-refractivity contribution in [2.24, 2.45) is 20.5 Å². The average molecular weight is 1050 g/mol. The summed E-state index contributed by atoms with van der Waals surface area (Å²) in [6.45, 7) is 9.21. The van der Waals surface area contributed by atoms with Gasteiger partial charge in [0.25, 0.3) is 20.2 Å². The molecule has 4 aliphatic heterocycles. The van der Waals surface area contributed by atoms with Crippen LogP contribution in [0, 0.1) is 0 Å². The van der Waals surface area contributed by atoms with Crippen molar-refractivity contribution >= 4 is 108 Å². The number of methoxy groups -OCH3 is 1. The largest absolute Gasteiger partial charge is 0.497 e. The molecular weight excluding hydrogens is 1010 g/mol. The van der Waals surface area contributed by atoms with Crippen LogP contribution in [0.25, 0.3) is 20.4 Å². The second-order valence-electron chi connectivity index (χ2n) is 16.7. The molecule has 21 heteroatoms. The van der Waals surface area contributed by atoms with E-state index in [1.165, 1.54) is 22.7 Å². The van der Waals surface area contributed by atoms with Gasteiger partial charge in [0.2, 0.25) is 10.3 Å². The van der Waals surface area contributed by atoms with E-state index in [9.17, 15) is 25.9 Å². The Morgan fingerprint density at radius 2 is 1.33 bits per heavy atom. The quantitative estimate of drug-likeness (QED) is 0.0633. The fourth-order valence-electron chi connectivity index (χ4n) is 9.60. The standard InChI is InChI=1S/C23H26N4O4S2.C20H20N4O3S3.Pd/c1-13-12-23(2,3)27-9-5-6-15-20(27)16(13)11-18(21(15)33(28,29)30)25-26-22-24-17-8-7-14(31-4)10-19(17)32-22;1-28-13-6-7-15-17(11-13)29-20(21-15)23-22-16-10-12-4-2-8-24-9-3-5-14(18(12)24)19(16)30(25,26)27;/h7-8,10-11,13H,5-6,9,12H2,1-4H3,(H,28,29,30);6-7,10-11H,2-5,8-9H2,1H3,(H,25,26,27);. The molecule has 340 valence electrons. The first-order valence-corrected chi connectivity index (χ1v) is 26.3. The van der Waals surface area contributed by atoms with E-state index in [0.717, 1.165) is 105 Å². The molecule has 10 rings (SSSR count). The Kier molecular flexibility index (Phi) is 13.2. The van der Waals surface area contributed by atoms with Crippen LogP contribution in [0.5, 0.6) is 5.75 Å². The van der Waals surface area contributed by atoms with Crippen LogP contribution in [-0.2, 0) is 59.9 Å². The molecule has 0 aliphatic carbocycles. The van der Waals surface area contributed by atoms with Crippen LogP contribution < -0.4 is 14.5 Å². The van der Waals surface area contributed by atoms with Gasteiger partial charge in [-0.3, -0.25) is 9.11 Å². The van der Waals surface area contributed by atoms with Crippen molar-refractivity contribution in [3.63, 3.8) is 0 Å². The Morgan fingerprint density at radius 1 is 0.766 bits per heavy atom. The maximum atomic E-state index is 12.5. The van der Waals surface area contributed by atoms with Crippen molar-refractivity contribution in [2.45, 2.75) is 91.9 Å². The van der Waals surface area contributed by atoms with Crippen LogP contribution in [0.2, 0.25) is 0 Å². The van der Waals surface area contributed by atoms with Crippen LogP contribution in [0.15, 0.2) is 83.7 Å². The molecule has 0 saturated carbocycles. The Bertz CT molecular complexity index is 3100. The molecule has 6 aromatic rings. The molecule has 1 unspecified atom stereocenters. The molecule has 2 aromatic heterocycles. The van der Waals surface area contributed by atoms with E-state index in [1.807, 2.05) is 36.6 Å². The second-order valence-corrected chi connectivity index (χ2v) is 22.3. The third-order valence-electron chi connectivity index (χ3n) is 12.1. The van der Waals surface area contributed by atoms with Gasteiger partial charge in [0, 0.05) is 61.9 Å². The summed E-state index contributed by atoms with van der Waals surface area (Å²) in [6, 6.07) is 15.1. The minimum absolute atomic E-state index is 0. The van der Waals surface area contributed by atoms with E-state index >= 15 is 0 Å². The molecule has 0 amide bonds. The number of hydrogen-bond donors (Lipinski definition) is 2. The van der Waals surface area contributed by atoms with Gasteiger partial charge in [0.1, 0.15) is 26.9 Å². The van der Waals surface area contributed by atoms with Gasteiger partial charge in [-0.2, -0.15) is 16.8 Å². The number of azo groups is 2. The van der Waals surface area contributed by atoms with Crippen molar-refractivity contribution in [2.75, 3.05) is 42.8 Å². The molecular formula is C43H46N8O7PdS5. The van der Waals surface area contributed by atoms with Gasteiger partial charge in [-0.15, -0.1) is 32.2 Å². The molecule has 64 heavy (non-hydrogen) atoms. The summed E-state index contributed by atoms with van der Waals surface area (Å²) in [5.74, 6) is 0.945. The molecule has 0 bridgehead atoms. The summed E-state index contributed by atoms with van der Waals surface area (Å²) in [7, 11) is -7.34. The number of aromatic nitrogens is 2. The van der Waals surface area contributed by atoms with E-state index in [2.05, 4.69) is 67.1 Å². The molecule has 0 spiro atoms. The van der Waals surface area contributed by atoms with Crippen molar-refractivity contribution in [1.29, 1.82) is 0 Å². The predicted octanol–water partition coefficient (Wildman–Crippen LogP) is 11.4. The Hall–Kier alpha value is -3.91. The van der Waals surface area contributed by atoms with Gasteiger partial charge in [-0.1, -0.05) is 29.6 Å². The number of thioether (sulfide) groups is 1. The molecule has 0 saturated heterocycles. The van der Waals surface area contributed by atoms with Crippen molar-refractivity contribution in [3.8, 4) is 5.75 Å². The van der Waals surface area contributed by atoms with Crippen molar-refractivity contribution in [3.05, 3.63) is 70.8 Å². The normalized spacial score (nSPS) is 17.9. The van der Waals surface area contributed by atoms with E-state index < -0.39 is 20.2 Å². The number of rotatable bonds is 8. The Balaban J connectivity index is 0.000000173. The zero-order valence-corrected chi connectivity index (χ0v) is 41.3. The van der Waals surface area contributed by atoms with Gasteiger partial charge >= 0.3 is 0 Å². The minimum Gasteiger partial charge on any atom is -0.497 e. The average Bonchev–Trinajstić information content (AvgIpc) is 3.86. The van der Waals surface area contributed by atoms with E-state index in [4.69, 9.17) is 4.74 Å². The Morgan fingerprint density at radius 3 is 1.94 bits per heavy atom. The van der Waals surface area contributed by atoms with Gasteiger partial charge in [-0.05, 0) is 142 Å². The summed E-state index contributed by atoms with van der Waals surface area (Å²) < 4.78 is 77.0. The number of aryl methyl sites for hydroxylation is 1. The van der Waals surface area contributed by atoms with Crippen LogP contribution in [-0.4, -0.2) is 74.4 Å². The maximum absolute atomic E-state index is 12.5. The minimum atomic E-state index is -4.51. The molecule has 4 aromatic carbocycles. The van der Waals surface area contributed by atoms with Crippen molar-refractivity contribution in [1.82, 2.24) is 9.97 Å². The van der Waals surface area contributed by atoms with Gasteiger partial charge in [0.15, 0.2) is 0 Å². The number of anilines is 2. The van der Waals surface area contributed by atoms with Crippen LogP contribution in [0.4, 0.5) is 33.0 Å². The van der Waals surface area contributed by atoms with Gasteiger partial charge < -0.3 is 14.5 Å². The monoisotopic (exact) mass is 1050 g/mol. The molecule has 4 aliphatic rings. The van der Waals surface area contributed by atoms with E-state index in [-0.39, 0.29) is 53.0 Å². The first-order chi connectivity index (χ1) is 30.0. The van der Waals surface area contributed by atoms with E-state index in [0.29, 0.717) is 34.2 Å². The summed E-state index contributed by atoms with van der Waals surface area (Å²) >= 11 is 4.40. The number of hydrogen-bond acceptors (Lipinski definition) is 16. The number of nitrogens with zero attached hydrogens (tertiary/aromatic N) is 8. The van der Waals surface area contributed by atoms with E-state index in [1.54, 1.807) is 31.0 Å². The number of thiazole rings is 2. The second kappa shape index (κ2) is 18.1. The summed E-state index contributed by atoms with van der Waals surface area (Å²) in [6.07, 6.45) is 7.69. The molecule has 1 atom stereocenters. The number of benzene rings is 4. The topological polar surface area (TPSA) is 200 Å². The van der Waals surface area contributed by atoms with Crippen LogP contribution in [0.1, 0.15) is 74.6 Å². The SMILES string of the molecule is COc1ccc2nc(N=Nc3cc4c5c(c3S(=O)(=O)O)CCCN5C(C)(C)CC4C)sc2c1.CSc1ccc2nc(N=Nc3cc4c5c(c3S(=O)(=O)O)CCCN5CCC4)sc2c1.[Pd]. The molecule has 15 nitrogen and oxygen atoms in total. The van der Waals surface area contributed by atoms with Crippen LogP contribution >= 0.6 is 34.4 Å². The fourth-order valence-corrected chi connectivity index (χ4v) is 13.5. The van der Waals surface area contributed by atoms with Gasteiger partial charge in [0.05, 0.1) is 27.5 Å². The molecule has 6 heterocycles. The molecule has 0 fully saturated rings. The first-order valence-electron chi connectivity index (χ1n) is 20.6. The first kappa shape index (κ1) is 46.6. The molecule has 2 N–H and O–H groups in total. The summed E-state index contributed by atoms with van der Waals surface area (Å²) in [4.78, 5) is 14.4. The summed E-state index contributed by atoms with van der Waals surface area (Å²) in [5.41, 5.74) is 7.19. The number of ether oxygens (including phenoxy) is 1. The maximum Gasteiger partial charge on any atom is 0.297 e. The van der Waals surface area contributed by atoms with Gasteiger partial charge in [-0.25, -0.2) is 9.97 Å². The third kappa shape index (κ3) is 8.99.